The third kappa shape index (κ3) is 3.37. The van der Waals surface area contributed by atoms with Gasteiger partial charge in [-0.2, -0.15) is 5.10 Å². The van der Waals surface area contributed by atoms with Crippen LogP contribution in [0, 0.1) is 0 Å². The minimum absolute atomic E-state index is 0. The largest absolute Gasteiger partial charge is 0.386 e. The number of anilines is 1. The molecule has 0 bridgehead atoms. The molecule has 2 rings (SSSR count). The molecule has 0 saturated carbocycles. The molecule has 0 fully saturated rings. The molecule has 1 aliphatic rings. The highest BCUT2D eigenvalue weighted by atomic mass is 35.5. The van der Waals surface area contributed by atoms with E-state index in [9.17, 15) is 8.78 Å². The fourth-order valence-electron chi connectivity index (χ4n) is 2.20. The van der Waals surface area contributed by atoms with Crippen molar-refractivity contribution in [2.45, 2.75) is 25.2 Å². The summed E-state index contributed by atoms with van der Waals surface area (Å²) < 4.78 is 34.5. The average Bonchev–Trinajstić information content (AvgIpc) is 2.75. The molecular weight excluding hydrogens is 288 g/mol. The monoisotopic (exact) mass is 305 g/mol. The van der Waals surface area contributed by atoms with E-state index in [1.807, 2.05) is 0 Å². The maximum absolute atomic E-state index is 14.3. The number of nitrogens with one attached hydrogen (secondary N) is 1. The van der Waals surface area contributed by atoms with Crippen LogP contribution >= 0.6 is 12.4 Å². The standard InChI is InChI=1S/C13H17F2N3O.ClH/c1-13(15)5-9(4-11(14)12(13)19-3)7-18-8-10(16-2)6-17-18;/h4-6,8,12,16H,7H2,1-3H3;1H. The van der Waals surface area contributed by atoms with Crippen LogP contribution in [0.3, 0.4) is 0 Å². The van der Waals surface area contributed by atoms with E-state index in [4.69, 9.17) is 4.74 Å². The van der Waals surface area contributed by atoms with Crippen LogP contribution in [-0.4, -0.2) is 35.7 Å². The number of ether oxygens (including phenoxy) is 1. The van der Waals surface area contributed by atoms with Crippen LogP contribution in [-0.2, 0) is 11.3 Å². The van der Waals surface area contributed by atoms with Crippen molar-refractivity contribution >= 4 is 18.1 Å². The van der Waals surface area contributed by atoms with Crippen molar-refractivity contribution < 1.29 is 13.5 Å². The average molecular weight is 306 g/mol. The van der Waals surface area contributed by atoms with Crippen molar-refractivity contribution in [3.63, 3.8) is 0 Å². The van der Waals surface area contributed by atoms with Gasteiger partial charge >= 0.3 is 0 Å². The SMILES string of the molecule is CNc1cnn(CC2=CC(C)(F)C(OC)C(F)=C2)c1.Cl. The number of halogens is 3. The number of nitrogens with zero attached hydrogens (tertiary/aromatic N) is 2. The maximum atomic E-state index is 14.3. The van der Waals surface area contributed by atoms with E-state index in [0.717, 1.165) is 5.69 Å². The van der Waals surface area contributed by atoms with Crippen LogP contribution in [0.5, 0.6) is 0 Å². The second kappa shape index (κ2) is 6.37. The molecule has 7 heteroatoms. The fourth-order valence-corrected chi connectivity index (χ4v) is 2.20. The minimum Gasteiger partial charge on any atom is -0.386 e. The zero-order valence-electron chi connectivity index (χ0n) is 11.6. The van der Waals surface area contributed by atoms with E-state index in [1.165, 1.54) is 26.2 Å². The smallest absolute Gasteiger partial charge is 0.159 e. The first-order valence-corrected chi connectivity index (χ1v) is 5.97. The third-order valence-corrected chi connectivity index (χ3v) is 3.06. The molecule has 2 unspecified atom stereocenters. The van der Waals surface area contributed by atoms with Crippen LogP contribution < -0.4 is 5.32 Å². The number of allylic oxidation sites excluding steroid dienone is 2. The summed E-state index contributed by atoms with van der Waals surface area (Å²) in [5.41, 5.74) is -0.484. The molecular formula is C13H18ClF2N3O. The first-order chi connectivity index (χ1) is 8.96. The highest BCUT2D eigenvalue weighted by Gasteiger charge is 2.39. The number of hydrogen-bond donors (Lipinski definition) is 1. The molecule has 0 spiro atoms. The predicted octanol–water partition coefficient (Wildman–Crippen LogP) is 2.88. The fraction of sp³-hybridized carbons (Fsp3) is 0.462. The first-order valence-electron chi connectivity index (χ1n) is 5.97. The summed E-state index contributed by atoms with van der Waals surface area (Å²) >= 11 is 0. The summed E-state index contributed by atoms with van der Waals surface area (Å²) in [5.74, 6) is -0.606. The van der Waals surface area contributed by atoms with E-state index < -0.39 is 17.6 Å². The van der Waals surface area contributed by atoms with Crippen molar-refractivity contribution in [2.75, 3.05) is 19.5 Å². The lowest BCUT2D eigenvalue weighted by Crippen LogP contribution is -2.37. The van der Waals surface area contributed by atoms with Crippen LogP contribution in [0.2, 0.25) is 0 Å². The summed E-state index contributed by atoms with van der Waals surface area (Å²) in [6.07, 6.45) is 4.92. The Kier molecular flexibility index (Phi) is 5.30. The molecule has 0 amide bonds. The third-order valence-electron chi connectivity index (χ3n) is 3.06. The maximum Gasteiger partial charge on any atom is 0.159 e. The molecule has 112 valence electrons. The molecule has 1 heterocycles. The highest BCUT2D eigenvalue weighted by Crippen LogP contribution is 2.33. The lowest BCUT2D eigenvalue weighted by Gasteiger charge is -2.29. The van der Waals surface area contributed by atoms with Crippen molar-refractivity contribution in [2.24, 2.45) is 0 Å². The van der Waals surface area contributed by atoms with Gasteiger partial charge in [0.15, 0.2) is 5.67 Å². The first kappa shape index (κ1) is 16.7. The van der Waals surface area contributed by atoms with E-state index in [1.54, 1.807) is 24.1 Å². The molecule has 0 radical (unpaired) electrons. The summed E-state index contributed by atoms with van der Waals surface area (Å²) in [6, 6.07) is 0. The number of methoxy groups -OCH3 is 1. The molecule has 0 aliphatic heterocycles. The Labute approximate surface area is 122 Å². The second-order valence-corrected chi connectivity index (χ2v) is 4.69. The van der Waals surface area contributed by atoms with E-state index in [0.29, 0.717) is 12.1 Å². The Morgan fingerprint density at radius 3 is 2.75 bits per heavy atom. The van der Waals surface area contributed by atoms with Gasteiger partial charge in [-0.05, 0) is 24.6 Å². The van der Waals surface area contributed by atoms with Crippen molar-refractivity contribution in [3.05, 3.63) is 35.9 Å². The van der Waals surface area contributed by atoms with Gasteiger partial charge in [-0.25, -0.2) is 8.78 Å². The summed E-state index contributed by atoms with van der Waals surface area (Å²) in [5, 5.41) is 7.04. The number of aromatic nitrogens is 2. The van der Waals surface area contributed by atoms with Crippen LogP contribution in [0.4, 0.5) is 14.5 Å². The molecule has 2 atom stereocenters. The van der Waals surface area contributed by atoms with Gasteiger partial charge in [0.05, 0.1) is 18.4 Å². The van der Waals surface area contributed by atoms with Gasteiger partial charge in [0.25, 0.3) is 0 Å². The van der Waals surface area contributed by atoms with Crippen LogP contribution in [0.1, 0.15) is 6.92 Å². The number of hydrogen-bond acceptors (Lipinski definition) is 3. The van der Waals surface area contributed by atoms with Crippen molar-refractivity contribution in [1.29, 1.82) is 0 Å². The van der Waals surface area contributed by atoms with Gasteiger partial charge in [-0.1, -0.05) is 0 Å². The normalized spacial score (nSPS) is 25.6. The van der Waals surface area contributed by atoms with Gasteiger partial charge in [0.1, 0.15) is 11.9 Å². The zero-order valence-corrected chi connectivity index (χ0v) is 12.4. The molecule has 0 saturated heterocycles. The van der Waals surface area contributed by atoms with Crippen LogP contribution in [0.25, 0.3) is 0 Å². The Hall–Kier alpha value is -1.40. The Balaban J connectivity index is 0.00000200. The van der Waals surface area contributed by atoms with E-state index in [2.05, 4.69) is 10.4 Å². The molecule has 1 aromatic rings. The molecule has 0 aromatic carbocycles. The van der Waals surface area contributed by atoms with Gasteiger partial charge in [0, 0.05) is 20.4 Å². The van der Waals surface area contributed by atoms with E-state index in [-0.39, 0.29) is 12.4 Å². The van der Waals surface area contributed by atoms with Crippen LogP contribution in [0.15, 0.2) is 35.9 Å². The lowest BCUT2D eigenvalue weighted by molar-refractivity contribution is 0.00865. The summed E-state index contributed by atoms with van der Waals surface area (Å²) in [7, 11) is 3.07. The van der Waals surface area contributed by atoms with Crippen molar-refractivity contribution in [3.8, 4) is 0 Å². The molecule has 20 heavy (non-hydrogen) atoms. The molecule has 1 aromatic heterocycles. The van der Waals surface area contributed by atoms with Gasteiger partial charge in [-0.15, -0.1) is 12.4 Å². The topological polar surface area (TPSA) is 39.1 Å². The molecule has 4 nitrogen and oxygen atoms in total. The quantitative estimate of drug-likeness (QED) is 0.929. The molecule has 1 aliphatic carbocycles. The van der Waals surface area contributed by atoms with Crippen molar-refractivity contribution in [1.82, 2.24) is 9.78 Å². The minimum atomic E-state index is -1.86. The summed E-state index contributed by atoms with van der Waals surface area (Å²) in [4.78, 5) is 0. The number of alkyl halides is 1. The van der Waals surface area contributed by atoms with Gasteiger partial charge < -0.3 is 10.1 Å². The molecule has 1 N–H and O–H groups in total. The Bertz CT molecular complexity index is 525. The van der Waals surface area contributed by atoms with E-state index >= 15 is 0 Å². The zero-order chi connectivity index (χ0) is 14.0. The number of rotatable bonds is 4. The Morgan fingerprint density at radius 2 is 2.25 bits per heavy atom. The summed E-state index contributed by atoms with van der Waals surface area (Å²) in [6.45, 7) is 1.61. The lowest BCUT2D eigenvalue weighted by atomic mass is 9.91. The predicted molar refractivity (Wildman–Crippen MR) is 76.6 cm³/mol. The highest BCUT2D eigenvalue weighted by molar-refractivity contribution is 5.85. The second-order valence-electron chi connectivity index (χ2n) is 4.69. The van der Waals surface area contributed by atoms with Gasteiger partial charge in [0.2, 0.25) is 0 Å². The Morgan fingerprint density at radius 1 is 1.55 bits per heavy atom. The van der Waals surface area contributed by atoms with Gasteiger partial charge in [-0.3, -0.25) is 4.68 Å².